The van der Waals surface area contributed by atoms with Crippen LogP contribution in [0.1, 0.15) is 34.0 Å². The lowest BCUT2D eigenvalue weighted by Crippen LogP contribution is -2.14. The number of amides is 1. The summed E-state index contributed by atoms with van der Waals surface area (Å²) in [6.07, 6.45) is 2.01. The average molecular weight is 479 g/mol. The minimum atomic E-state index is -0.579. The van der Waals surface area contributed by atoms with E-state index in [4.69, 9.17) is 27.9 Å². The highest BCUT2D eigenvalue weighted by molar-refractivity contribution is 6.31. The van der Waals surface area contributed by atoms with Gasteiger partial charge in [-0.2, -0.15) is 5.26 Å². The van der Waals surface area contributed by atoms with Crippen LogP contribution < -0.4 is 5.32 Å². The van der Waals surface area contributed by atoms with Gasteiger partial charge in [-0.15, -0.1) is 0 Å². The summed E-state index contributed by atoms with van der Waals surface area (Å²) >= 11 is 12.5. The Morgan fingerprint density at radius 2 is 1.76 bits per heavy atom. The van der Waals surface area contributed by atoms with Crippen LogP contribution in [0.4, 0.5) is 5.69 Å². The van der Waals surface area contributed by atoms with Crippen LogP contribution in [0.2, 0.25) is 10.0 Å². The third-order valence-corrected chi connectivity index (χ3v) is 5.37. The smallest absolute Gasteiger partial charge is 0.338 e. The molecule has 3 rings (SSSR count). The molecule has 1 N–H and O–H groups in total. The van der Waals surface area contributed by atoms with Gasteiger partial charge in [-0.1, -0.05) is 47.5 Å². The molecule has 0 heterocycles. The van der Waals surface area contributed by atoms with Gasteiger partial charge in [-0.3, -0.25) is 4.79 Å². The molecule has 7 heteroatoms. The quantitative estimate of drug-likeness (QED) is 0.245. The first-order chi connectivity index (χ1) is 15.9. The Balaban J connectivity index is 1.83. The molecule has 0 spiro atoms. The fraction of sp³-hybridized carbons (Fsp3) is 0.115. The van der Waals surface area contributed by atoms with E-state index in [1.54, 1.807) is 43.3 Å². The summed E-state index contributed by atoms with van der Waals surface area (Å²) < 4.78 is 4.94. The standard InChI is InChI=1S/C26H20Cl2N2O3/c1-2-33-26(32)17-8-11-23(12-9-17)30-25(31)21(16-29)14-20-15-22(27)10-7-18(20)13-19-5-3-4-6-24(19)28/h3-12,14-15H,2,13H2,1H3,(H,30,31)/b21-14+. The zero-order valence-corrected chi connectivity index (χ0v) is 19.3. The molecule has 33 heavy (non-hydrogen) atoms. The van der Waals surface area contributed by atoms with Crippen molar-refractivity contribution in [3.63, 3.8) is 0 Å². The highest BCUT2D eigenvalue weighted by Crippen LogP contribution is 2.25. The second kappa shape index (κ2) is 11.3. The molecule has 5 nitrogen and oxygen atoms in total. The van der Waals surface area contributed by atoms with E-state index in [1.807, 2.05) is 36.4 Å². The number of anilines is 1. The number of hydrogen-bond acceptors (Lipinski definition) is 4. The van der Waals surface area contributed by atoms with Crippen molar-refractivity contribution in [3.8, 4) is 6.07 Å². The van der Waals surface area contributed by atoms with Crippen molar-refractivity contribution in [1.29, 1.82) is 5.26 Å². The van der Waals surface area contributed by atoms with Crippen molar-refractivity contribution in [1.82, 2.24) is 0 Å². The molecule has 0 fully saturated rings. The molecule has 0 aliphatic rings. The van der Waals surface area contributed by atoms with Gasteiger partial charge in [-0.05, 0) is 78.6 Å². The lowest BCUT2D eigenvalue weighted by atomic mass is 9.98. The van der Waals surface area contributed by atoms with Gasteiger partial charge in [0.25, 0.3) is 5.91 Å². The highest BCUT2D eigenvalue weighted by atomic mass is 35.5. The minimum absolute atomic E-state index is 0.0906. The molecule has 0 unspecified atom stereocenters. The molecule has 0 saturated heterocycles. The molecule has 0 aliphatic heterocycles. The number of rotatable bonds is 7. The van der Waals surface area contributed by atoms with Gasteiger partial charge >= 0.3 is 5.97 Å². The second-order valence-electron chi connectivity index (χ2n) is 7.03. The maximum atomic E-state index is 12.7. The van der Waals surface area contributed by atoms with E-state index in [-0.39, 0.29) is 12.2 Å². The molecular formula is C26H20Cl2N2O3. The van der Waals surface area contributed by atoms with Crippen molar-refractivity contribution >= 4 is 46.8 Å². The van der Waals surface area contributed by atoms with Crippen LogP contribution >= 0.6 is 23.2 Å². The molecule has 0 aliphatic carbocycles. The van der Waals surface area contributed by atoms with Crippen molar-refractivity contribution in [2.75, 3.05) is 11.9 Å². The number of nitriles is 1. The third-order valence-electron chi connectivity index (χ3n) is 4.77. The maximum Gasteiger partial charge on any atom is 0.338 e. The molecule has 3 aromatic rings. The van der Waals surface area contributed by atoms with E-state index < -0.39 is 11.9 Å². The monoisotopic (exact) mass is 478 g/mol. The zero-order valence-electron chi connectivity index (χ0n) is 17.8. The van der Waals surface area contributed by atoms with E-state index in [9.17, 15) is 14.9 Å². The topological polar surface area (TPSA) is 79.2 Å². The number of carbonyl (C=O) groups is 2. The van der Waals surface area contributed by atoms with Crippen molar-refractivity contribution < 1.29 is 14.3 Å². The van der Waals surface area contributed by atoms with Crippen LogP contribution in [0.5, 0.6) is 0 Å². The van der Waals surface area contributed by atoms with Gasteiger partial charge in [0.1, 0.15) is 11.6 Å². The number of ether oxygens (including phenoxy) is 1. The fourth-order valence-electron chi connectivity index (χ4n) is 3.11. The van der Waals surface area contributed by atoms with E-state index in [1.165, 1.54) is 6.08 Å². The van der Waals surface area contributed by atoms with E-state index in [2.05, 4.69) is 5.32 Å². The predicted octanol–water partition coefficient (Wildman–Crippen LogP) is 6.31. The van der Waals surface area contributed by atoms with Crippen molar-refractivity contribution in [2.45, 2.75) is 13.3 Å². The molecular weight excluding hydrogens is 459 g/mol. The average Bonchev–Trinajstić information content (AvgIpc) is 2.81. The Bertz CT molecular complexity index is 1250. The number of hydrogen-bond donors (Lipinski definition) is 1. The van der Waals surface area contributed by atoms with Crippen LogP contribution in [0.25, 0.3) is 6.08 Å². The van der Waals surface area contributed by atoms with Gasteiger partial charge in [0.2, 0.25) is 0 Å². The Hall–Kier alpha value is -3.59. The Labute approximate surface area is 202 Å². The van der Waals surface area contributed by atoms with Crippen molar-refractivity contribution in [3.05, 3.63) is 105 Å². The summed E-state index contributed by atoms with van der Waals surface area (Å²) in [5, 5.41) is 13.4. The minimum Gasteiger partial charge on any atom is -0.462 e. The van der Waals surface area contributed by atoms with Crippen LogP contribution in [0, 0.1) is 11.3 Å². The predicted molar refractivity (Wildman–Crippen MR) is 130 cm³/mol. The molecule has 1 amide bonds. The SMILES string of the molecule is CCOC(=O)c1ccc(NC(=O)/C(C#N)=C/c2cc(Cl)ccc2Cc2ccccc2Cl)cc1. The number of halogens is 2. The molecule has 0 radical (unpaired) electrons. The lowest BCUT2D eigenvalue weighted by Gasteiger charge is -2.10. The van der Waals surface area contributed by atoms with Crippen LogP contribution in [-0.4, -0.2) is 18.5 Å². The Morgan fingerprint density at radius 3 is 2.42 bits per heavy atom. The van der Waals surface area contributed by atoms with Gasteiger partial charge < -0.3 is 10.1 Å². The third kappa shape index (κ3) is 6.45. The fourth-order valence-corrected chi connectivity index (χ4v) is 3.50. The van der Waals surface area contributed by atoms with E-state index >= 15 is 0 Å². The molecule has 0 bridgehead atoms. The first-order valence-electron chi connectivity index (χ1n) is 10.1. The number of nitrogens with one attached hydrogen (secondary N) is 1. The van der Waals surface area contributed by atoms with Crippen LogP contribution in [-0.2, 0) is 16.0 Å². The molecule has 166 valence electrons. The summed E-state index contributed by atoms with van der Waals surface area (Å²) in [5.41, 5.74) is 3.15. The molecule has 0 aromatic heterocycles. The normalized spacial score (nSPS) is 10.9. The van der Waals surface area contributed by atoms with Crippen LogP contribution in [0.3, 0.4) is 0 Å². The van der Waals surface area contributed by atoms with Gasteiger partial charge in [0.05, 0.1) is 12.2 Å². The number of nitrogens with zero attached hydrogens (tertiary/aromatic N) is 1. The summed E-state index contributed by atoms with van der Waals surface area (Å²) in [7, 11) is 0. The van der Waals surface area contributed by atoms with Crippen LogP contribution in [0.15, 0.2) is 72.3 Å². The van der Waals surface area contributed by atoms with Crippen molar-refractivity contribution in [2.24, 2.45) is 0 Å². The Morgan fingerprint density at radius 1 is 1.03 bits per heavy atom. The molecule has 0 saturated carbocycles. The highest BCUT2D eigenvalue weighted by Gasteiger charge is 2.13. The number of esters is 1. The summed E-state index contributed by atoms with van der Waals surface area (Å²) in [4.78, 5) is 24.5. The number of carbonyl (C=O) groups excluding carboxylic acids is 2. The first-order valence-corrected chi connectivity index (χ1v) is 10.9. The Kier molecular flexibility index (Phi) is 8.26. The summed E-state index contributed by atoms with van der Waals surface area (Å²) in [5.74, 6) is -1.02. The lowest BCUT2D eigenvalue weighted by molar-refractivity contribution is -0.112. The van der Waals surface area contributed by atoms with E-state index in [0.29, 0.717) is 33.3 Å². The number of benzene rings is 3. The van der Waals surface area contributed by atoms with Gasteiger partial charge in [0, 0.05) is 15.7 Å². The maximum absolute atomic E-state index is 12.7. The zero-order chi connectivity index (χ0) is 23.8. The van der Waals surface area contributed by atoms with E-state index in [0.717, 1.165) is 11.1 Å². The van der Waals surface area contributed by atoms with Gasteiger partial charge in [0.15, 0.2) is 0 Å². The summed E-state index contributed by atoms with van der Waals surface area (Å²) in [6.45, 7) is 2.00. The summed E-state index contributed by atoms with van der Waals surface area (Å²) in [6, 6.07) is 21.0. The largest absolute Gasteiger partial charge is 0.462 e. The van der Waals surface area contributed by atoms with Gasteiger partial charge in [-0.25, -0.2) is 4.79 Å². The first kappa shape index (κ1) is 24.1. The second-order valence-corrected chi connectivity index (χ2v) is 7.88. The molecule has 3 aromatic carbocycles. The molecule has 0 atom stereocenters.